The number of carbonyl (C=O) groups is 2. The van der Waals surface area contributed by atoms with Crippen molar-refractivity contribution in [1.82, 2.24) is 25.9 Å². The van der Waals surface area contributed by atoms with Crippen LogP contribution in [0.3, 0.4) is 0 Å². The van der Waals surface area contributed by atoms with Crippen LogP contribution in [0.4, 0.5) is 9.18 Å². The third-order valence-corrected chi connectivity index (χ3v) is 7.95. The monoisotopic (exact) mass is 453 g/mol. The van der Waals surface area contributed by atoms with Crippen LogP contribution < -0.4 is 16.1 Å². The predicted octanol–water partition coefficient (Wildman–Crippen LogP) is 1.81. The molecule has 9 heteroatoms. The molecule has 4 rings (SSSR count). The van der Waals surface area contributed by atoms with Crippen molar-refractivity contribution in [1.29, 1.82) is 0 Å². The molecule has 0 spiro atoms. The molecule has 2 saturated heterocycles. The minimum absolute atomic E-state index is 0.0215. The van der Waals surface area contributed by atoms with Crippen LogP contribution in [-0.4, -0.2) is 84.9 Å². The fourth-order valence-corrected chi connectivity index (χ4v) is 6.04. The van der Waals surface area contributed by atoms with Gasteiger partial charge in [-0.15, -0.1) is 0 Å². The number of hydroxylamine groups is 1. The SMILES string of the molecule is CCNC(=O)N1CCN(C2CCCC(NC(=O)C3CC4C(F)CCC(C)C4ON3)C2)CC1. The number of piperazine rings is 1. The molecule has 0 aromatic rings. The molecule has 0 aromatic heterocycles. The van der Waals surface area contributed by atoms with E-state index in [0.717, 1.165) is 58.3 Å². The van der Waals surface area contributed by atoms with E-state index in [9.17, 15) is 14.0 Å². The molecule has 3 amide bonds. The lowest BCUT2D eigenvalue weighted by molar-refractivity contribution is -0.172. The minimum atomic E-state index is -0.884. The van der Waals surface area contributed by atoms with E-state index in [0.29, 0.717) is 31.3 Å². The Labute approximate surface area is 190 Å². The fraction of sp³-hybridized carbons (Fsp3) is 0.913. The van der Waals surface area contributed by atoms with Gasteiger partial charge in [-0.2, -0.15) is 5.48 Å². The Kier molecular flexibility index (Phi) is 7.89. The summed E-state index contributed by atoms with van der Waals surface area (Å²) >= 11 is 0. The molecule has 182 valence electrons. The van der Waals surface area contributed by atoms with Crippen molar-refractivity contribution in [2.75, 3.05) is 32.7 Å². The van der Waals surface area contributed by atoms with Crippen molar-refractivity contribution in [3.05, 3.63) is 0 Å². The maximum Gasteiger partial charge on any atom is 0.317 e. The molecule has 4 fully saturated rings. The summed E-state index contributed by atoms with van der Waals surface area (Å²) in [5.41, 5.74) is 2.93. The Bertz CT molecular complexity index is 660. The van der Waals surface area contributed by atoms with Crippen LogP contribution in [0.15, 0.2) is 0 Å². The van der Waals surface area contributed by atoms with E-state index in [1.54, 1.807) is 0 Å². The number of fused-ring (bicyclic) bond motifs is 1. The van der Waals surface area contributed by atoms with E-state index in [1.807, 2.05) is 11.8 Å². The van der Waals surface area contributed by atoms with Crippen molar-refractivity contribution in [2.24, 2.45) is 11.8 Å². The van der Waals surface area contributed by atoms with E-state index < -0.39 is 12.2 Å². The second-order valence-corrected chi connectivity index (χ2v) is 10.1. The van der Waals surface area contributed by atoms with Gasteiger partial charge in [0.1, 0.15) is 12.2 Å². The lowest BCUT2D eigenvalue weighted by atomic mass is 9.75. The molecule has 2 aliphatic carbocycles. The van der Waals surface area contributed by atoms with Gasteiger partial charge in [-0.3, -0.25) is 14.5 Å². The normalized spacial score (nSPS) is 38.6. The smallest absolute Gasteiger partial charge is 0.317 e. The first kappa shape index (κ1) is 23.7. The molecule has 7 unspecified atom stereocenters. The molecule has 8 nitrogen and oxygen atoms in total. The van der Waals surface area contributed by atoms with Crippen molar-refractivity contribution in [3.63, 3.8) is 0 Å². The number of nitrogens with zero attached hydrogens (tertiary/aromatic N) is 2. The standard InChI is InChI=1S/C23H40FN5O3/c1-3-25-23(31)29-11-9-28(10-12-29)17-6-4-5-16(13-17)26-22(30)20-14-18-19(24)8-7-15(2)21(18)32-27-20/h15-21,27H,3-14H2,1-2H3,(H,25,31)(H,26,30). The Morgan fingerprint density at radius 2 is 1.88 bits per heavy atom. The number of nitrogens with one attached hydrogen (secondary N) is 3. The van der Waals surface area contributed by atoms with Crippen molar-refractivity contribution in [3.8, 4) is 0 Å². The van der Waals surface area contributed by atoms with Gasteiger partial charge in [0.15, 0.2) is 0 Å². The molecule has 0 radical (unpaired) electrons. The largest absolute Gasteiger partial charge is 0.352 e. The van der Waals surface area contributed by atoms with Crippen LogP contribution in [0, 0.1) is 11.8 Å². The second-order valence-electron chi connectivity index (χ2n) is 10.1. The maximum atomic E-state index is 14.5. The number of rotatable bonds is 4. The van der Waals surface area contributed by atoms with Gasteiger partial charge in [0.25, 0.3) is 0 Å². The number of carbonyl (C=O) groups excluding carboxylic acids is 2. The summed E-state index contributed by atoms with van der Waals surface area (Å²) in [6.07, 6.45) is 4.99. The Morgan fingerprint density at radius 3 is 2.62 bits per heavy atom. The average Bonchev–Trinajstić information content (AvgIpc) is 2.82. The molecule has 32 heavy (non-hydrogen) atoms. The molecule has 3 N–H and O–H groups in total. The Hall–Kier alpha value is -1.45. The number of urea groups is 1. The van der Waals surface area contributed by atoms with Crippen LogP contribution in [0.1, 0.15) is 58.8 Å². The van der Waals surface area contributed by atoms with Crippen LogP contribution >= 0.6 is 0 Å². The van der Waals surface area contributed by atoms with Crippen molar-refractivity contribution in [2.45, 2.75) is 89.2 Å². The molecular weight excluding hydrogens is 413 g/mol. The average molecular weight is 454 g/mol. The molecule has 0 bridgehead atoms. The Morgan fingerprint density at radius 1 is 1.09 bits per heavy atom. The summed E-state index contributed by atoms with van der Waals surface area (Å²) in [5.74, 6) is 0.0489. The van der Waals surface area contributed by atoms with Crippen LogP contribution in [0.2, 0.25) is 0 Å². The number of hydrogen-bond acceptors (Lipinski definition) is 5. The molecule has 2 saturated carbocycles. The maximum absolute atomic E-state index is 14.5. The van der Waals surface area contributed by atoms with Gasteiger partial charge in [0.2, 0.25) is 5.91 Å². The van der Waals surface area contributed by atoms with Gasteiger partial charge in [-0.25, -0.2) is 9.18 Å². The van der Waals surface area contributed by atoms with Gasteiger partial charge >= 0.3 is 6.03 Å². The number of halogens is 1. The summed E-state index contributed by atoms with van der Waals surface area (Å²) in [6.45, 7) is 7.92. The zero-order chi connectivity index (χ0) is 22.7. The number of amides is 3. The molecule has 2 aliphatic heterocycles. The zero-order valence-electron chi connectivity index (χ0n) is 19.5. The van der Waals surface area contributed by atoms with E-state index in [2.05, 4.69) is 27.9 Å². The highest BCUT2D eigenvalue weighted by molar-refractivity contribution is 5.82. The zero-order valence-corrected chi connectivity index (χ0v) is 19.5. The van der Waals surface area contributed by atoms with E-state index in [4.69, 9.17) is 4.84 Å². The molecular formula is C23H40FN5O3. The first-order valence-electron chi connectivity index (χ1n) is 12.6. The lowest BCUT2D eigenvalue weighted by Gasteiger charge is -2.44. The van der Waals surface area contributed by atoms with Gasteiger partial charge in [-0.05, 0) is 57.8 Å². The summed E-state index contributed by atoms with van der Waals surface area (Å²) in [7, 11) is 0. The molecule has 2 heterocycles. The highest BCUT2D eigenvalue weighted by atomic mass is 19.1. The predicted molar refractivity (Wildman–Crippen MR) is 120 cm³/mol. The van der Waals surface area contributed by atoms with E-state index in [-0.39, 0.29) is 30.0 Å². The fourth-order valence-electron chi connectivity index (χ4n) is 6.04. The summed E-state index contributed by atoms with van der Waals surface area (Å²) < 4.78 is 14.5. The first-order chi connectivity index (χ1) is 15.5. The second kappa shape index (κ2) is 10.7. The topological polar surface area (TPSA) is 85.9 Å². The molecule has 0 aromatic carbocycles. The third kappa shape index (κ3) is 5.37. The number of hydrogen-bond donors (Lipinski definition) is 3. The van der Waals surface area contributed by atoms with Gasteiger partial charge in [0, 0.05) is 50.7 Å². The van der Waals surface area contributed by atoms with Crippen LogP contribution in [0.5, 0.6) is 0 Å². The Balaban J connectivity index is 1.25. The third-order valence-electron chi connectivity index (χ3n) is 7.95. The molecule has 4 aliphatic rings. The lowest BCUT2D eigenvalue weighted by Crippen LogP contribution is -2.59. The number of alkyl halides is 1. The minimum Gasteiger partial charge on any atom is -0.352 e. The van der Waals surface area contributed by atoms with Gasteiger partial charge < -0.3 is 15.5 Å². The molecule has 7 atom stereocenters. The van der Waals surface area contributed by atoms with Crippen LogP contribution in [-0.2, 0) is 9.63 Å². The first-order valence-corrected chi connectivity index (χ1v) is 12.6. The highest BCUT2D eigenvalue weighted by Crippen LogP contribution is 2.38. The van der Waals surface area contributed by atoms with Gasteiger partial charge in [-0.1, -0.05) is 6.92 Å². The highest BCUT2D eigenvalue weighted by Gasteiger charge is 2.45. The van der Waals surface area contributed by atoms with E-state index >= 15 is 0 Å². The van der Waals surface area contributed by atoms with E-state index in [1.165, 1.54) is 0 Å². The quantitative estimate of drug-likeness (QED) is 0.605. The summed E-state index contributed by atoms with van der Waals surface area (Å²) in [4.78, 5) is 35.1. The summed E-state index contributed by atoms with van der Waals surface area (Å²) in [5, 5.41) is 6.09. The van der Waals surface area contributed by atoms with Crippen molar-refractivity contribution < 1.29 is 18.8 Å². The van der Waals surface area contributed by atoms with Crippen LogP contribution in [0.25, 0.3) is 0 Å². The van der Waals surface area contributed by atoms with Gasteiger partial charge in [0.05, 0.1) is 6.10 Å². The summed E-state index contributed by atoms with van der Waals surface area (Å²) in [6, 6.07) is 0.0995. The van der Waals surface area contributed by atoms with Crippen molar-refractivity contribution >= 4 is 11.9 Å².